The Morgan fingerprint density at radius 1 is 1.06 bits per heavy atom. The molecule has 1 amide bonds. The van der Waals surface area contributed by atoms with Crippen molar-refractivity contribution in [3.8, 4) is 5.75 Å². The molecule has 3 aromatic carbocycles. The topological polar surface area (TPSA) is 47.4 Å². The van der Waals surface area contributed by atoms with Crippen LogP contribution in [0.1, 0.15) is 23.7 Å². The summed E-state index contributed by atoms with van der Waals surface area (Å²) in [4.78, 5) is 19.7. The van der Waals surface area contributed by atoms with E-state index in [9.17, 15) is 4.79 Å². The molecular formula is C25H21Cl2N3O2. The number of benzene rings is 3. The van der Waals surface area contributed by atoms with Crippen LogP contribution >= 0.6 is 23.2 Å². The van der Waals surface area contributed by atoms with Crippen LogP contribution in [0.5, 0.6) is 5.75 Å². The van der Waals surface area contributed by atoms with E-state index < -0.39 is 0 Å². The summed E-state index contributed by atoms with van der Waals surface area (Å²) in [5, 5.41) is 1.22. The molecule has 0 N–H and O–H groups in total. The van der Waals surface area contributed by atoms with Crippen LogP contribution in [0.25, 0.3) is 11.0 Å². The number of rotatable bonds is 5. The number of ether oxygens (including phenoxy) is 1. The Morgan fingerprint density at radius 3 is 2.59 bits per heavy atom. The van der Waals surface area contributed by atoms with E-state index in [4.69, 9.17) is 32.9 Å². The lowest BCUT2D eigenvalue weighted by molar-refractivity contribution is -0.117. The normalized spacial score (nSPS) is 16.2. The maximum Gasteiger partial charge on any atom is 0.227 e. The third kappa shape index (κ3) is 3.83. The summed E-state index contributed by atoms with van der Waals surface area (Å²) in [7, 11) is 1.63. The van der Waals surface area contributed by atoms with Gasteiger partial charge < -0.3 is 14.2 Å². The zero-order valence-electron chi connectivity index (χ0n) is 17.5. The zero-order chi connectivity index (χ0) is 22.2. The summed E-state index contributed by atoms with van der Waals surface area (Å²) in [6.45, 7) is 1.13. The number of fused-ring (bicyclic) bond motifs is 1. The molecule has 162 valence electrons. The molecule has 32 heavy (non-hydrogen) atoms. The van der Waals surface area contributed by atoms with Crippen LogP contribution in [0, 0.1) is 0 Å². The van der Waals surface area contributed by atoms with Gasteiger partial charge in [0, 0.05) is 34.6 Å². The Labute approximate surface area is 196 Å². The molecule has 1 saturated heterocycles. The zero-order valence-corrected chi connectivity index (χ0v) is 19.0. The van der Waals surface area contributed by atoms with Crippen molar-refractivity contribution in [2.75, 3.05) is 18.6 Å². The molecule has 0 bridgehead atoms. The summed E-state index contributed by atoms with van der Waals surface area (Å²) in [6, 6.07) is 21.1. The van der Waals surface area contributed by atoms with E-state index in [0.717, 1.165) is 33.9 Å². The number of halogens is 2. The minimum Gasteiger partial charge on any atom is -0.497 e. The number of anilines is 1. The van der Waals surface area contributed by atoms with E-state index in [1.165, 1.54) is 0 Å². The number of aromatic nitrogens is 2. The molecule has 1 atom stereocenters. The van der Waals surface area contributed by atoms with Gasteiger partial charge in [-0.15, -0.1) is 0 Å². The second-order valence-corrected chi connectivity index (χ2v) is 8.73. The van der Waals surface area contributed by atoms with E-state index in [-0.39, 0.29) is 11.8 Å². The first-order chi connectivity index (χ1) is 15.5. The van der Waals surface area contributed by atoms with Gasteiger partial charge in [-0.1, -0.05) is 41.4 Å². The van der Waals surface area contributed by atoms with E-state index in [0.29, 0.717) is 29.6 Å². The van der Waals surface area contributed by atoms with Crippen molar-refractivity contribution in [3.05, 3.63) is 88.2 Å². The van der Waals surface area contributed by atoms with Crippen LogP contribution in [-0.2, 0) is 11.3 Å². The molecule has 1 aromatic heterocycles. The second kappa shape index (κ2) is 8.49. The maximum absolute atomic E-state index is 12.9. The highest BCUT2D eigenvalue weighted by molar-refractivity contribution is 6.35. The second-order valence-electron chi connectivity index (χ2n) is 7.88. The lowest BCUT2D eigenvalue weighted by Gasteiger charge is -2.18. The SMILES string of the molecule is COc1ccc(N2CC(c3nc4ccccc4n3Cc3ccc(Cl)cc3Cl)CC2=O)cc1. The molecule has 1 aliphatic heterocycles. The van der Waals surface area contributed by atoms with Crippen molar-refractivity contribution in [1.82, 2.24) is 9.55 Å². The van der Waals surface area contributed by atoms with Gasteiger partial charge in [0.25, 0.3) is 0 Å². The fourth-order valence-corrected chi connectivity index (χ4v) is 4.75. The third-order valence-electron chi connectivity index (χ3n) is 5.90. The fourth-order valence-electron chi connectivity index (χ4n) is 4.28. The van der Waals surface area contributed by atoms with Gasteiger partial charge in [0.1, 0.15) is 11.6 Å². The summed E-state index contributed by atoms with van der Waals surface area (Å²) in [5.74, 6) is 1.71. The highest BCUT2D eigenvalue weighted by Gasteiger charge is 2.35. The molecule has 0 radical (unpaired) electrons. The summed E-state index contributed by atoms with van der Waals surface area (Å²) in [6.07, 6.45) is 0.406. The first kappa shape index (κ1) is 20.9. The Morgan fingerprint density at radius 2 is 1.84 bits per heavy atom. The van der Waals surface area contributed by atoms with E-state index in [1.807, 2.05) is 65.6 Å². The largest absolute Gasteiger partial charge is 0.497 e. The predicted octanol–water partition coefficient (Wildman–Crippen LogP) is 5.92. The molecule has 4 aromatic rings. The van der Waals surface area contributed by atoms with E-state index in [2.05, 4.69) is 4.57 Å². The number of carbonyl (C=O) groups excluding carboxylic acids is 1. The number of carbonyl (C=O) groups is 1. The highest BCUT2D eigenvalue weighted by atomic mass is 35.5. The number of imidazole rings is 1. The van der Waals surface area contributed by atoms with Crippen molar-refractivity contribution in [1.29, 1.82) is 0 Å². The summed E-state index contributed by atoms with van der Waals surface area (Å²) < 4.78 is 7.40. The Bertz CT molecular complexity index is 1300. The van der Waals surface area contributed by atoms with Crippen molar-refractivity contribution >= 4 is 45.8 Å². The van der Waals surface area contributed by atoms with Crippen molar-refractivity contribution in [2.45, 2.75) is 18.9 Å². The van der Waals surface area contributed by atoms with Crippen LogP contribution in [0.4, 0.5) is 5.69 Å². The monoisotopic (exact) mass is 465 g/mol. The van der Waals surface area contributed by atoms with Crippen molar-refractivity contribution in [3.63, 3.8) is 0 Å². The quantitative estimate of drug-likeness (QED) is 0.367. The molecule has 0 aliphatic carbocycles. The van der Waals surface area contributed by atoms with E-state index >= 15 is 0 Å². The minimum atomic E-state index is -0.0249. The van der Waals surface area contributed by atoms with Crippen molar-refractivity contribution < 1.29 is 9.53 Å². The van der Waals surface area contributed by atoms with Gasteiger partial charge in [0.2, 0.25) is 5.91 Å². The van der Waals surface area contributed by atoms with Crippen LogP contribution in [0.3, 0.4) is 0 Å². The molecule has 2 heterocycles. The van der Waals surface area contributed by atoms with Gasteiger partial charge in [-0.2, -0.15) is 0 Å². The fraction of sp³-hybridized carbons (Fsp3) is 0.200. The smallest absolute Gasteiger partial charge is 0.227 e. The highest BCUT2D eigenvalue weighted by Crippen LogP contribution is 2.34. The molecule has 5 rings (SSSR count). The number of amides is 1. The molecule has 0 spiro atoms. The third-order valence-corrected chi connectivity index (χ3v) is 6.49. The predicted molar refractivity (Wildman–Crippen MR) is 128 cm³/mol. The van der Waals surface area contributed by atoms with Gasteiger partial charge in [0.15, 0.2) is 0 Å². The van der Waals surface area contributed by atoms with Crippen LogP contribution in [-0.4, -0.2) is 29.1 Å². The number of para-hydroxylation sites is 2. The molecule has 7 heteroatoms. The number of hydrogen-bond acceptors (Lipinski definition) is 3. The van der Waals surface area contributed by atoms with Gasteiger partial charge in [0.05, 0.1) is 24.7 Å². The standard InChI is InChI=1S/C25H21Cl2N3O2/c1-32-20-10-8-19(9-11-20)29-15-17(12-24(29)31)25-28-22-4-2-3-5-23(22)30(25)14-16-6-7-18(26)13-21(16)27/h2-11,13,17H,12,14-15H2,1H3. The molecule has 0 saturated carbocycles. The Kier molecular flexibility index (Phi) is 5.53. The Hall–Kier alpha value is -3.02. The van der Waals surface area contributed by atoms with Crippen LogP contribution in [0.15, 0.2) is 66.7 Å². The van der Waals surface area contributed by atoms with Gasteiger partial charge in [-0.05, 0) is 54.1 Å². The average Bonchev–Trinajstić information content (AvgIpc) is 3.36. The number of methoxy groups -OCH3 is 1. The van der Waals surface area contributed by atoms with Gasteiger partial charge in [-0.3, -0.25) is 4.79 Å². The van der Waals surface area contributed by atoms with Crippen LogP contribution in [0.2, 0.25) is 10.0 Å². The van der Waals surface area contributed by atoms with Gasteiger partial charge in [-0.25, -0.2) is 4.98 Å². The summed E-state index contributed by atoms with van der Waals surface area (Å²) in [5.41, 5.74) is 3.74. The molecule has 1 aliphatic rings. The molecular weight excluding hydrogens is 445 g/mol. The van der Waals surface area contributed by atoms with Crippen molar-refractivity contribution in [2.24, 2.45) is 0 Å². The lowest BCUT2D eigenvalue weighted by Crippen LogP contribution is -2.24. The Balaban J connectivity index is 1.51. The average molecular weight is 466 g/mol. The molecule has 1 fully saturated rings. The maximum atomic E-state index is 12.9. The number of nitrogens with zero attached hydrogens (tertiary/aromatic N) is 3. The molecule has 5 nitrogen and oxygen atoms in total. The first-order valence-corrected chi connectivity index (χ1v) is 11.1. The van der Waals surface area contributed by atoms with Crippen LogP contribution < -0.4 is 9.64 Å². The molecule has 1 unspecified atom stereocenters. The summed E-state index contributed by atoms with van der Waals surface area (Å²) >= 11 is 12.6. The number of hydrogen-bond donors (Lipinski definition) is 0. The lowest BCUT2D eigenvalue weighted by atomic mass is 10.1. The first-order valence-electron chi connectivity index (χ1n) is 10.4. The van der Waals surface area contributed by atoms with E-state index in [1.54, 1.807) is 13.2 Å². The van der Waals surface area contributed by atoms with Gasteiger partial charge >= 0.3 is 0 Å². The minimum absolute atomic E-state index is 0.0249.